The second-order valence-electron chi connectivity index (χ2n) is 3.22. The Morgan fingerprint density at radius 2 is 2.25 bits per heavy atom. The molecule has 0 bridgehead atoms. The molecule has 0 radical (unpaired) electrons. The first-order valence-electron chi connectivity index (χ1n) is 4.84. The molecule has 16 heavy (non-hydrogen) atoms. The normalized spacial score (nSPS) is 10.9. The van der Waals surface area contributed by atoms with Gasteiger partial charge in [-0.25, -0.2) is 4.98 Å². The standard InChI is InChI=1S/C9H12N4O2S/c1-5-8(16-7(4-10)11-5)9-12-6(2-3-14)13-15-9/h14H,2-4,10H2,1H3. The van der Waals surface area contributed by atoms with E-state index in [0.29, 0.717) is 24.7 Å². The van der Waals surface area contributed by atoms with E-state index in [2.05, 4.69) is 15.1 Å². The summed E-state index contributed by atoms with van der Waals surface area (Å²) in [5.74, 6) is 0.942. The van der Waals surface area contributed by atoms with Gasteiger partial charge in [-0.2, -0.15) is 4.98 Å². The van der Waals surface area contributed by atoms with Crippen LogP contribution in [0.4, 0.5) is 0 Å². The fraction of sp³-hybridized carbons (Fsp3) is 0.444. The van der Waals surface area contributed by atoms with Crippen LogP contribution < -0.4 is 5.73 Å². The highest BCUT2D eigenvalue weighted by Crippen LogP contribution is 2.28. The molecule has 0 atom stereocenters. The van der Waals surface area contributed by atoms with Gasteiger partial charge in [0.05, 0.1) is 12.3 Å². The molecule has 2 aromatic heterocycles. The van der Waals surface area contributed by atoms with Crippen LogP contribution in [0.25, 0.3) is 10.8 Å². The Labute approximate surface area is 96.1 Å². The number of rotatable bonds is 4. The molecule has 0 amide bonds. The third kappa shape index (κ3) is 2.11. The lowest BCUT2D eigenvalue weighted by molar-refractivity contribution is 0.293. The topological polar surface area (TPSA) is 98.1 Å². The van der Waals surface area contributed by atoms with Crippen LogP contribution in [-0.4, -0.2) is 26.8 Å². The summed E-state index contributed by atoms with van der Waals surface area (Å²) >= 11 is 1.45. The minimum atomic E-state index is 0.00863. The number of aliphatic hydroxyl groups is 1. The van der Waals surface area contributed by atoms with Crippen LogP contribution >= 0.6 is 11.3 Å². The molecule has 0 unspecified atom stereocenters. The fourth-order valence-corrected chi connectivity index (χ4v) is 2.15. The molecule has 3 N–H and O–H groups in total. The quantitative estimate of drug-likeness (QED) is 0.807. The number of nitrogens with zero attached hydrogens (tertiary/aromatic N) is 3. The summed E-state index contributed by atoms with van der Waals surface area (Å²) in [5.41, 5.74) is 6.35. The molecular formula is C9H12N4O2S. The van der Waals surface area contributed by atoms with Gasteiger partial charge in [0.1, 0.15) is 9.88 Å². The minimum Gasteiger partial charge on any atom is -0.396 e. The fourth-order valence-electron chi connectivity index (χ4n) is 1.29. The van der Waals surface area contributed by atoms with Gasteiger partial charge in [0.15, 0.2) is 5.82 Å². The largest absolute Gasteiger partial charge is 0.396 e. The van der Waals surface area contributed by atoms with Crippen LogP contribution in [0.5, 0.6) is 0 Å². The van der Waals surface area contributed by atoms with E-state index < -0.39 is 0 Å². The first-order chi connectivity index (χ1) is 7.74. The summed E-state index contributed by atoms with van der Waals surface area (Å²) in [4.78, 5) is 9.29. The van der Waals surface area contributed by atoms with E-state index in [1.165, 1.54) is 11.3 Å². The lowest BCUT2D eigenvalue weighted by Crippen LogP contribution is -1.94. The molecule has 6 nitrogen and oxygen atoms in total. The van der Waals surface area contributed by atoms with Crippen LogP contribution in [0, 0.1) is 6.92 Å². The lowest BCUT2D eigenvalue weighted by Gasteiger charge is -1.87. The Kier molecular flexibility index (Phi) is 3.28. The number of hydrogen-bond acceptors (Lipinski definition) is 7. The number of aryl methyl sites for hydroxylation is 1. The maximum atomic E-state index is 8.75. The number of aliphatic hydroxyl groups excluding tert-OH is 1. The average Bonchev–Trinajstić information content (AvgIpc) is 2.85. The molecule has 86 valence electrons. The summed E-state index contributed by atoms with van der Waals surface area (Å²) in [6.07, 6.45) is 0.394. The van der Waals surface area contributed by atoms with Gasteiger partial charge in [-0.3, -0.25) is 0 Å². The van der Waals surface area contributed by atoms with Crippen molar-refractivity contribution in [1.82, 2.24) is 15.1 Å². The predicted molar refractivity (Wildman–Crippen MR) is 58.8 cm³/mol. The maximum Gasteiger partial charge on any atom is 0.269 e. The van der Waals surface area contributed by atoms with Crippen molar-refractivity contribution in [3.05, 3.63) is 16.5 Å². The SMILES string of the molecule is Cc1nc(CN)sc1-c1nc(CCO)no1. The van der Waals surface area contributed by atoms with Gasteiger partial charge in [0.2, 0.25) is 0 Å². The van der Waals surface area contributed by atoms with Crippen molar-refractivity contribution in [3.8, 4) is 10.8 Å². The Bertz CT molecular complexity index is 480. The highest BCUT2D eigenvalue weighted by Gasteiger charge is 2.15. The monoisotopic (exact) mass is 240 g/mol. The van der Waals surface area contributed by atoms with E-state index in [9.17, 15) is 0 Å². The number of aromatic nitrogens is 3. The Hall–Kier alpha value is -1.31. The number of thiazole rings is 1. The molecular weight excluding hydrogens is 228 g/mol. The van der Waals surface area contributed by atoms with E-state index in [0.717, 1.165) is 15.6 Å². The molecule has 0 saturated heterocycles. The molecule has 2 heterocycles. The van der Waals surface area contributed by atoms with Crippen molar-refractivity contribution < 1.29 is 9.63 Å². The van der Waals surface area contributed by atoms with Crippen LogP contribution in [0.15, 0.2) is 4.52 Å². The van der Waals surface area contributed by atoms with Crippen molar-refractivity contribution in [3.63, 3.8) is 0 Å². The zero-order valence-corrected chi connectivity index (χ0v) is 9.62. The van der Waals surface area contributed by atoms with Crippen molar-refractivity contribution in [2.45, 2.75) is 19.9 Å². The smallest absolute Gasteiger partial charge is 0.269 e. The van der Waals surface area contributed by atoms with Crippen molar-refractivity contribution >= 4 is 11.3 Å². The highest BCUT2D eigenvalue weighted by molar-refractivity contribution is 7.15. The molecule has 0 aliphatic carbocycles. The maximum absolute atomic E-state index is 8.75. The molecule has 2 aromatic rings. The molecule has 2 rings (SSSR count). The van der Waals surface area contributed by atoms with Gasteiger partial charge in [0, 0.05) is 13.0 Å². The zero-order valence-electron chi connectivity index (χ0n) is 8.80. The Balaban J connectivity index is 2.30. The van der Waals surface area contributed by atoms with Crippen molar-refractivity contribution in [2.24, 2.45) is 5.73 Å². The predicted octanol–water partition coefficient (Wildman–Crippen LogP) is 0.495. The summed E-state index contributed by atoms with van der Waals surface area (Å²) in [5, 5.41) is 13.4. The molecule has 7 heteroatoms. The first-order valence-corrected chi connectivity index (χ1v) is 5.66. The second-order valence-corrected chi connectivity index (χ2v) is 4.30. The summed E-state index contributed by atoms with van der Waals surface area (Å²) in [6, 6.07) is 0. The van der Waals surface area contributed by atoms with Crippen molar-refractivity contribution in [2.75, 3.05) is 6.61 Å². The van der Waals surface area contributed by atoms with Gasteiger partial charge in [-0.05, 0) is 6.92 Å². The van der Waals surface area contributed by atoms with Gasteiger partial charge in [-0.15, -0.1) is 11.3 Å². The number of nitrogens with two attached hydrogens (primary N) is 1. The molecule has 0 saturated carbocycles. The average molecular weight is 240 g/mol. The summed E-state index contributed by atoms with van der Waals surface area (Å²) < 4.78 is 5.10. The van der Waals surface area contributed by atoms with Gasteiger partial charge < -0.3 is 15.4 Å². The third-order valence-electron chi connectivity index (χ3n) is 2.01. The van der Waals surface area contributed by atoms with E-state index in [1.807, 2.05) is 6.92 Å². The Morgan fingerprint density at radius 1 is 1.44 bits per heavy atom. The van der Waals surface area contributed by atoms with E-state index in [1.54, 1.807) is 0 Å². The molecule has 0 aromatic carbocycles. The summed E-state index contributed by atoms with van der Waals surface area (Å²) in [7, 11) is 0. The van der Waals surface area contributed by atoms with Crippen LogP contribution in [0.2, 0.25) is 0 Å². The molecule has 0 spiro atoms. The zero-order chi connectivity index (χ0) is 11.5. The van der Waals surface area contributed by atoms with E-state index >= 15 is 0 Å². The molecule has 0 fully saturated rings. The van der Waals surface area contributed by atoms with Crippen LogP contribution in [0.1, 0.15) is 16.5 Å². The second kappa shape index (κ2) is 4.69. The van der Waals surface area contributed by atoms with Gasteiger partial charge in [-0.1, -0.05) is 5.16 Å². The van der Waals surface area contributed by atoms with Crippen LogP contribution in [-0.2, 0) is 13.0 Å². The van der Waals surface area contributed by atoms with E-state index in [-0.39, 0.29) is 6.61 Å². The number of hydrogen-bond donors (Lipinski definition) is 2. The summed E-state index contributed by atoms with van der Waals surface area (Å²) in [6.45, 7) is 2.29. The third-order valence-corrected chi connectivity index (χ3v) is 3.18. The lowest BCUT2D eigenvalue weighted by atomic mass is 10.4. The van der Waals surface area contributed by atoms with Gasteiger partial charge in [0.25, 0.3) is 5.89 Å². The Morgan fingerprint density at radius 3 is 2.88 bits per heavy atom. The van der Waals surface area contributed by atoms with Crippen LogP contribution in [0.3, 0.4) is 0 Å². The van der Waals surface area contributed by atoms with Crippen molar-refractivity contribution in [1.29, 1.82) is 0 Å². The molecule has 0 aliphatic rings. The van der Waals surface area contributed by atoms with E-state index in [4.69, 9.17) is 15.4 Å². The molecule has 0 aliphatic heterocycles. The minimum absolute atomic E-state index is 0.00863. The highest BCUT2D eigenvalue weighted by atomic mass is 32.1. The van der Waals surface area contributed by atoms with Gasteiger partial charge >= 0.3 is 0 Å². The first kappa shape index (κ1) is 11.2.